The van der Waals surface area contributed by atoms with Crippen LogP contribution in [-0.2, 0) is 6.42 Å². The number of hydrogen-bond acceptors (Lipinski definition) is 3. The van der Waals surface area contributed by atoms with Gasteiger partial charge in [0, 0.05) is 12.4 Å². The lowest BCUT2D eigenvalue weighted by molar-refractivity contribution is 0.102. The van der Waals surface area contributed by atoms with Gasteiger partial charge in [-0.3, -0.25) is 9.89 Å². The van der Waals surface area contributed by atoms with Gasteiger partial charge in [-0.2, -0.15) is 5.10 Å². The first-order valence-corrected chi connectivity index (χ1v) is 5.55. The molecule has 0 aromatic carbocycles. The second kappa shape index (κ2) is 5.25. The Labute approximate surface area is 99.3 Å². The largest absolute Gasteiger partial charge is 0.305 e. The van der Waals surface area contributed by atoms with Crippen LogP contribution in [0.15, 0.2) is 30.6 Å². The van der Waals surface area contributed by atoms with Crippen molar-refractivity contribution in [3.8, 4) is 0 Å². The van der Waals surface area contributed by atoms with Gasteiger partial charge in [0.15, 0.2) is 0 Å². The highest BCUT2D eigenvalue weighted by molar-refractivity contribution is 6.02. The topological polar surface area (TPSA) is 70.7 Å². The van der Waals surface area contributed by atoms with Gasteiger partial charge in [-0.25, -0.2) is 4.98 Å². The van der Waals surface area contributed by atoms with Crippen LogP contribution in [0.1, 0.15) is 29.4 Å². The summed E-state index contributed by atoms with van der Waals surface area (Å²) in [7, 11) is 0. The van der Waals surface area contributed by atoms with Gasteiger partial charge in [-0.05, 0) is 24.1 Å². The first-order chi connectivity index (χ1) is 8.29. The molecule has 1 amide bonds. The van der Waals surface area contributed by atoms with E-state index in [1.807, 2.05) is 6.07 Å². The normalized spacial score (nSPS) is 10.2. The van der Waals surface area contributed by atoms with E-state index in [2.05, 4.69) is 27.4 Å². The number of H-pyrrole nitrogens is 1. The minimum absolute atomic E-state index is 0.238. The number of pyridine rings is 1. The zero-order valence-corrected chi connectivity index (χ0v) is 9.60. The second-order valence-electron chi connectivity index (χ2n) is 3.73. The molecule has 2 aromatic rings. The number of aromatic nitrogens is 3. The minimum atomic E-state index is -0.238. The SMILES string of the molecule is CCCc1ccc(NC(=O)c2ccn[nH]2)nc1. The smallest absolute Gasteiger partial charge is 0.274 e. The molecule has 0 saturated heterocycles. The number of carbonyl (C=O) groups excluding carboxylic acids is 1. The number of aryl methyl sites for hydroxylation is 1. The number of nitrogens with zero attached hydrogens (tertiary/aromatic N) is 2. The van der Waals surface area contributed by atoms with Gasteiger partial charge in [0.1, 0.15) is 11.5 Å². The highest BCUT2D eigenvalue weighted by atomic mass is 16.2. The lowest BCUT2D eigenvalue weighted by atomic mass is 10.2. The van der Waals surface area contributed by atoms with Crippen molar-refractivity contribution in [3.05, 3.63) is 41.9 Å². The molecule has 0 aliphatic rings. The molecule has 0 fully saturated rings. The summed E-state index contributed by atoms with van der Waals surface area (Å²) in [5, 5.41) is 9.01. The molecule has 0 radical (unpaired) electrons. The summed E-state index contributed by atoms with van der Waals surface area (Å²) in [6, 6.07) is 5.39. The average Bonchev–Trinajstić information content (AvgIpc) is 2.86. The van der Waals surface area contributed by atoms with E-state index in [0.717, 1.165) is 12.8 Å². The van der Waals surface area contributed by atoms with Gasteiger partial charge in [-0.1, -0.05) is 19.4 Å². The average molecular weight is 230 g/mol. The molecule has 0 bridgehead atoms. The third-order valence-corrected chi connectivity index (χ3v) is 2.35. The number of rotatable bonds is 4. The third-order valence-electron chi connectivity index (χ3n) is 2.35. The Bertz CT molecular complexity index is 476. The summed E-state index contributed by atoms with van der Waals surface area (Å²) in [5.41, 5.74) is 1.59. The summed E-state index contributed by atoms with van der Waals surface area (Å²) in [4.78, 5) is 15.8. The molecule has 5 nitrogen and oxygen atoms in total. The maximum atomic E-state index is 11.7. The Morgan fingerprint density at radius 2 is 2.29 bits per heavy atom. The minimum Gasteiger partial charge on any atom is -0.305 e. The quantitative estimate of drug-likeness (QED) is 0.844. The maximum absolute atomic E-state index is 11.7. The van der Waals surface area contributed by atoms with Crippen molar-refractivity contribution < 1.29 is 4.79 Å². The molecule has 2 rings (SSSR count). The molecule has 2 N–H and O–H groups in total. The predicted molar refractivity (Wildman–Crippen MR) is 64.8 cm³/mol. The fourth-order valence-corrected chi connectivity index (χ4v) is 1.50. The Morgan fingerprint density at radius 1 is 1.41 bits per heavy atom. The number of anilines is 1. The van der Waals surface area contributed by atoms with Crippen LogP contribution >= 0.6 is 0 Å². The van der Waals surface area contributed by atoms with E-state index in [1.54, 1.807) is 18.3 Å². The van der Waals surface area contributed by atoms with Gasteiger partial charge < -0.3 is 5.32 Å². The number of aromatic amines is 1. The van der Waals surface area contributed by atoms with Crippen molar-refractivity contribution in [1.82, 2.24) is 15.2 Å². The number of amides is 1. The highest BCUT2D eigenvalue weighted by Crippen LogP contribution is 2.08. The van der Waals surface area contributed by atoms with E-state index in [0.29, 0.717) is 11.5 Å². The lowest BCUT2D eigenvalue weighted by Gasteiger charge is -2.03. The van der Waals surface area contributed by atoms with Crippen LogP contribution in [0.3, 0.4) is 0 Å². The molecule has 5 heteroatoms. The van der Waals surface area contributed by atoms with E-state index in [4.69, 9.17) is 0 Å². The van der Waals surface area contributed by atoms with Crippen molar-refractivity contribution in [1.29, 1.82) is 0 Å². The third kappa shape index (κ3) is 2.90. The highest BCUT2D eigenvalue weighted by Gasteiger charge is 2.07. The Kier molecular flexibility index (Phi) is 3.49. The number of carbonyl (C=O) groups is 1. The van der Waals surface area contributed by atoms with E-state index >= 15 is 0 Å². The van der Waals surface area contributed by atoms with Gasteiger partial charge >= 0.3 is 0 Å². The molecule has 0 spiro atoms. The van der Waals surface area contributed by atoms with Crippen molar-refractivity contribution in [2.45, 2.75) is 19.8 Å². The van der Waals surface area contributed by atoms with Gasteiger partial charge in [0.25, 0.3) is 5.91 Å². The van der Waals surface area contributed by atoms with E-state index < -0.39 is 0 Å². The lowest BCUT2D eigenvalue weighted by Crippen LogP contribution is -2.13. The van der Waals surface area contributed by atoms with Crippen LogP contribution in [0.25, 0.3) is 0 Å². The van der Waals surface area contributed by atoms with Crippen LogP contribution in [-0.4, -0.2) is 21.1 Å². The first-order valence-electron chi connectivity index (χ1n) is 5.55. The molecule has 17 heavy (non-hydrogen) atoms. The van der Waals surface area contributed by atoms with Crippen LogP contribution in [0, 0.1) is 0 Å². The second-order valence-corrected chi connectivity index (χ2v) is 3.73. The predicted octanol–water partition coefficient (Wildman–Crippen LogP) is 2.01. The van der Waals surface area contributed by atoms with E-state index in [1.165, 1.54) is 11.8 Å². The fraction of sp³-hybridized carbons (Fsp3) is 0.250. The molecule has 88 valence electrons. The fourth-order valence-electron chi connectivity index (χ4n) is 1.50. The summed E-state index contributed by atoms with van der Waals surface area (Å²) < 4.78 is 0. The Hall–Kier alpha value is -2.17. The first kappa shape index (κ1) is 11.3. The number of nitrogens with one attached hydrogen (secondary N) is 2. The summed E-state index contributed by atoms with van der Waals surface area (Å²) >= 11 is 0. The maximum Gasteiger partial charge on any atom is 0.274 e. The molecule has 0 aliphatic heterocycles. The summed E-state index contributed by atoms with van der Waals surface area (Å²) in [6.45, 7) is 2.12. The molecule has 0 unspecified atom stereocenters. The van der Waals surface area contributed by atoms with Crippen LogP contribution in [0.2, 0.25) is 0 Å². The van der Waals surface area contributed by atoms with Crippen LogP contribution < -0.4 is 5.32 Å². The van der Waals surface area contributed by atoms with E-state index in [-0.39, 0.29) is 5.91 Å². The van der Waals surface area contributed by atoms with Crippen molar-refractivity contribution in [3.63, 3.8) is 0 Å². The zero-order valence-electron chi connectivity index (χ0n) is 9.60. The molecule has 0 aliphatic carbocycles. The van der Waals surface area contributed by atoms with Crippen molar-refractivity contribution in [2.75, 3.05) is 5.32 Å². The van der Waals surface area contributed by atoms with Crippen LogP contribution in [0.5, 0.6) is 0 Å². The monoisotopic (exact) mass is 230 g/mol. The van der Waals surface area contributed by atoms with Gasteiger partial charge in [0.05, 0.1) is 0 Å². The van der Waals surface area contributed by atoms with Gasteiger partial charge in [-0.15, -0.1) is 0 Å². The Morgan fingerprint density at radius 3 is 2.88 bits per heavy atom. The molecule has 2 aromatic heterocycles. The summed E-state index contributed by atoms with van der Waals surface area (Å²) in [5.74, 6) is 0.308. The molecular formula is C12H14N4O. The molecule has 0 atom stereocenters. The summed E-state index contributed by atoms with van der Waals surface area (Å²) in [6.07, 6.45) is 5.40. The van der Waals surface area contributed by atoms with Crippen LogP contribution in [0.4, 0.5) is 5.82 Å². The Balaban J connectivity index is 2.01. The molecule has 0 saturated carbocycles. The van der Waals surface area contributed by atoms with E-state index in [9.17, 15) is 4.79 Å². The number of hydrogen-bond donors (Lipinski definition) is 2. The molecule has 2 heterocycles. The molecular weight excluding hydrogens is 216 g/mol. The van der Waals surface area contributed by atoms with Crippen molar-refractivity contribution in [2.24, 2.45) is 0 Å². The zero-order chi connectivity index (χ0) is 12.1. The standard InChI is InChI=1S/C12H14N4O/c1-2-3-9-4-5-11(13-8-9)15-12(17)10-6-7-14-16-10/h4-8H,2-3H2,1H3,(H,14,16)(H,13,15,17). The van der Waals surface area contributed by atoms with Crippen molar-refractivity contribution >= 4 is 11.7 Å². The van der Waals surface area contributed by atoms with Gasteiger partial charge in [0.2, 0.25) is 0 Å².